The van der Waals surface area contributed by atoms with Crippen molar-refractivity contribution in [2.75, 3.05) is 0 Å². The first kappa shape index (κ1) is 17.6. The van der Waals surface area contributed by atoms with Gasteiger partial charge < -0.3 is 9.47 Å². The van der Waals surface area contributed by atoms with Gasteiger partial charge in [-0.3, -0.25) is 9.59 Å². The third-order valence-corrected chi connectivity index (χ3v) is 3.82. The molecule has 0 aromatic heterocycles. The lowest BCUT2D eigenvalue weighted by atomic mass is 10.3. The van der Waals surface area contributed by atoms with E-state index in [0.29, 0.717) is 0 Å². The van der Waals surface area contributed by atoms with Crippen molar-refractivity contribution in [3.63, 3.8) is 0 Å². The molecule has 4 nitrogen and oxygen atoms in total. The topological polar surface area (TPSA) is 52.6 Å². The summed E-state index contributed by atoms with van der Waals surface area (Å²) in [5.41, 5.74) is 0. The van der Waals surface area contributed by atoms with Crippen LogP contribution in [0.25, 0.3) is 0 Å². The molecule has 23 heavy (non-hydrogen) atoms. The van der Waals surface area contributed by atoms with Crippen molar-refractivity contribution in [3.8, 4) is 11.5 Å². The molecule has 0 N–H and O–H groups in total. The molecular formula is C15H8Br2F2O4. The number of hydrogen-bond acceptors (Lipinski definition) is 4. The molecule has 120 valence electrons. The highest BCUT2D eigenvalue weighted by Gasteiger charge is 2.15. The minimum Gasteiger partial charge on any atom is -0.426 e. The van der Waals surface area contributed by atoms with Crippen LogP contribution in [0.4, 0.5) is 8.78 Å². The number of ether oxygens (including phenoxy) is 2. The maximum absolute atomic E-state index is 13.3. The van der Waals surface area contributed by atoms with Crippen LogP contribution in [0.2, 0.25) is 0 Å². The lowest BCUT2D eigenvalue weighted by molar-refractivity contribution is -0.144. The van der Waals surface area contributed by atoms with Crippen LogP contribution < -0.4 is 9.47 Å². The summed E-state index contributed by atoms with van der Waals surface area (Å²) < 4.78 is 36.6. The SMILES string of the molecule is O=C(CC(=O)Oc1ccc(Br)c(F)c1)Oc1ccc(Br)c(F)c1. The Morgan fingerprint density at radius 3 is 1.57 bits per heavy atom. The van der Waals surface area contributed by atoms with Gasteiger partial charge in [-0.25, -0.2) is 8.78 Å². The quantitative estimate of drug-likeness (QED) is 0.394. The standard InChI is InChI=1S/C15H8Br2F2O4/c16-10-3-1-8(5-12(10)18)22-14(20)7-15(21)23-9-2-4-11(17)13(19)6-9/h1-6H,7H2. The van der Waals surface area contributed by atoms with Crippen molar-refractivity contribution >= 4 is 43.8 Å². The molecule has 2 aromatic rings. The van der Waals surface area contributed by atoms with Crippen LogP contribution in [0.3, 0.4) is 0 Å². The summed E-state index contributed by atoms with van der Waals surface area (Å²) in [6, 6.07) is 7.44. The van der Waals surface area contributed by atoms with E-state index in [1.165, 1.54) is 24.3 Å². The average Bonchev–Trinajstić information content (AvgIpc) is 2.46. The highest BCUT2D eigenvalue weighted by Crippen LogP contribution is 2.22. The number of rotatable bonds is 4. The Morgan fingerprint density at radius 2 is 1.22 bits per heavy atom. The van der Waals surface area contributed by atoms with Crippen molar-refractivity contribution in [2.24, 2.45) is 0 Å². The van der Waals surface area contributed by atoms with E-state index in [2.05, 4.69) is 31.9 Å². The zero-order valence-corrected chi connectivity index (χ0v) is 14.5. The van der Waals surface area contributed by atoms with Crippen LogP contribution in [-0.2, 0) is 9.59 Å². The van der Waals surface area contributed by atoms with Gasteiger partial charge in [0.2, 0.25) is 0 Å². The maximum atomic E-state index is 13.3. The first-order valence-corrected chi connectivity index (χ1v) is 7.75. The van der Waals surface area contributed by atoms with Gasteiger partial charge in [-0.2, -0.15) is 0 Å². The molecule has 0 unspecified atom stereocenters. The molecule has 0 aliphatic heterocycles. The van der Waals surface area contributed by atoms with Crippen LogP contribution in [0, 0.1) is 11.6 Å². The summed E-state index contributed by atoms with van der Waals surface area (Å²) >= 11 is 5.92. The fourth-order valence-corrected chi connectivity index (χ4v) is 2.03. The molecule has 2 rings (SSSR count). The molecule has 0 atom stereocenters. The predicted octanol–water partition coefficient (Wildman–Crippen LogP) is 4.39. The highest BCUT2D eigenvalue weighted by molar-refractivity contribution is 9.10. The molecule has 0 heterocycles. The largest absolute Gasteiger partial charge is 0.426 e. The molecule has 0 aliphatic carbocycles. The smallest absolute Gasteiger partial charge is 0.322 e. The second-order valence-electron chi connectivity index (χ2n) is 4.28. The Morgan fingerprint density at radius 1 is 0.826 bits per heavy atom. The van der Waals surface area contributed by atoms with Gasteiger partial charge >= 0.3 is 11.9 Å². The van der Waals surface area contributed by atoms with Crippen LogP contribution >= 0.6 is 31.9 Å². The van der Waals surface area contributed by atoms with Gasteiger partial charge in [0.05, 0.1) is 8.95 Å². The maximum Gasteiger partial charge on any atom is 0.322 e. The average molecular weight is 450 g/mol. The van der Waals surface area contributed by atoms with Crippen molar-refractivity contribution in [2.45, 2.75) is 6.42 Å². The molecule has 0 bridgehead atoms. The van der Waals surface area contributed by atoms with Crippen molar-refractivity contribution in [3.05, 3.63) is 57.0 Å². The number of carbonyl (C=O) groups excluding carboxylic acids is 2. The van der Waals surface area contributed by atoms with Gasteiger partial charge in [0.15, 0.2) is 0 Å². The number of halogens is 4. The van der Waals surface area contributed by atoms with E-state index in [1.807, 2.05) is 0 Å². The van der Waals surface area contributed by atoms with E-state index < -0.39 is 30.0 Å². The summed E-state index contributed by atoms with van der Waals surface area (Å²) in [6.45, 7) is 0. The van der Waals surface area contributed by atoms with E-state index in [-0.39, 0.29) is 20.4 Å². The molecule has 0 amide bonds. The van der Waals surface area contributed by atoms with E-state index in [1.54, 1.807) is 0 Å². The monoisotopic (exact) mass is 448 g/mol. The van der Waals surface area contributed by atoms with Crippen LogP contribution in [0.1, 0.15) is 6.42 Å². The van der Waals surface area contributed by atoms with Gasteiger partial charge in [0.1, 0.15) is 29.6 Å². The van der Waals surface area contributed by atoms with Gasteiger partial charge in [0.25, 0.3) is 0 Å². The van der Waals surface area contributed by atoms with Gasteiger partial charge in [-0.1, -0.05) is 0 Å². The first-order valence-electron chi connectivity index (χ1n) is 6.16. The molecular weight excluding hydrogens is 442 g/mol. The molecule has 0 spiro atoms. The second-order valence-corrected chi connectivity index (χ2v) is 5.99. The summed E-state index contributed by atoms with van der Waals surface area (Å²) in [7, 11) is 0. The number of hydrogen-bond donors (Lipinski definition) is 0. The molecule has 0 aliphatic rings. The zero-order valence-electron chi connectivity index (χ0n) is 11.3. The Kier molecular flexibility index (Phi) is 5.84. The van der Waals surface area contributed by atoms with Gasteiger partial charge in [-0.05, 0) is 56.1 Å². The predicted molar refractivity (Wildman–Crippen MR) is 84.1 cm³/mol. The number of benzene rings is 2. The third kappa shape index (κ3) is 5.11. The molecule has 2 aromatic carbocycles. The summed E-state index contributed by atoms with van der Waals surface area (Å²) in [4.78, 5) is 23.2. The van der Waals surface area contributed by atoms with Crippen molar-refractivity contribution < 1.29 is 27.8 Å². The molecule has 8 heteroatoms. The third-order valence-electron chi connectivity index (χ3n) is 2.53. The van der Waals surface area contributed by atoms with Crippen molar-refractivity contribution in [1.82, 2.24) is 0 Å². The minimum atomic E-state index is -0.922. The van der Waals surface area contributed by atoms with Crippen LogP contribution in [0.5, 0.6) is 11.5 Å². The molecule has 0 saturated heterocycles. The first-order chi connectivity index (χ1) is 10.8. The van der Waals surface area contributed by atoms with E-state index in [9.17, 15) is 18.4 Å². The van der Waals surface area contributed by atoms with Gasteiger partial charge in [-0.15, -0.1) is 0 Å². The minimum absolute atomic E-state index is 0.0433. The molecule has 0 saturated carbocycles. The van der Waals surface area contributed by atoms with Gasteiger partial charge in [0, 0.05) is 12.1 Å². The summed E-state index contributed by atoms with van der Waals surface area (Å²) in [5.74, 6) is -3.15. The molecule has 0 radical (unpaired) electrons. The second kappa shape index (κ2) is 7.65. The lowest BCUT2D eigenvalue weighted by Gasteiger charge is -2.06. The summed E-state index contributed by atoms with van der Waals surface area (Å²) in [5, 5.41) is 0. The lowest BCUT2D eigenvalue weighted by Crippen LogP contribution is -2.18. The van der Waals surface area contributed by atoms with Crippen LogP contribution in [-0.4, -0.2) is 11.9 Å². The normalized spacial score (nSPS) is 10.3. The fraction of sp³-hybridized carbons (Fsp3) is 0.0667. The van der Waals surface area contributed by atoms with Crippen molar-refractivity contribution in [1.29, 1.82) is 0 Å². The van der Waals surface area contributed by atoms with E-state index >= 15 is 0 Å². The molecule has 0 fully saturated rings. The van der Waals surface area contributed by atoms with E-state index in [4.69, 9.17) is 9.47 Å². The van der Waals surface area contributed by atoms with Crippen LogP contribution in [0.15, 0.2) is 45.3 Å². The Bertz CT molecular complexity index is 702. The fourth-order valence-electron chi connectivity index (χ4n) is 1.53. The van der Waals surface area contributed by atoms with E-state index in [0.717, 1.165) is 12.1 Å². The Balaban J connectivity index is 1.92. The zero-order chi connectivity index (χ0) is 17.0. The number of carbonyl (C=O) groups is 2. The number of esters is 2. The highest BCUT2D eigenvalue weighted by atomic mass is 79.9. The Hall–Kier alpha value is -1.80. The summed E-state index contributed by atoms with van der Waals surface area (Å²) in [6.07, 6.45) is -0.699. The Labute approximate surface area is 146 Å².